The largest absolute Gasteiger partial charge is 0.448 e. The van der Waals surface area contributed by atoms with Crippen molar-refractivity contribution >= 4 is 53.9 Å². The van der Waals surface area contributed by atoms with E-state index in [4.69, 9.17) is 9.29 Å². The third-order valence-electron chi connectivity index (χ3n) is 2.75. The molecule has 1 rings (SSSR count). The number of carbonyl (C=O) groups excluding carboxylic acids is 2. The van der Waals surface area contributed by atoms with Gasteiger partial charge in [-0.25, -0.2) is 9.59 Å². The van der Waals surface area contributed by atoms with Gasteiger partial charge in [-0.2, -0.15) is 21.6 Å². The van der Waals surface area contributed by atoms with Crippen LogP contribution in [-0.4, -0.2) is 42.9 Å². The van der Waals surface area contributed by atoms with Gasteiger partial charge in [-0.15, -0.1) is 0 Å². The second kappa shape index (κ2) is 8.71. The zero-order valence-corrected chi connectivity index (χ0v) is 17.3. The van der Waals surface area contributed by atoms with E-state index in [1.807, 2.05) is 0 Å². The topological polar surface area (TPSA) is 107 Å². The van der Waals surface area contributed by atoms with Gasteiger partial charge < -0.3 is 9.47 Å². The molecule has 0 saturated heterocycles. The molecule has 0 aliphatic heterocycles. The Kier molecular flexibility index (Phi) is 7.61. The molecule has 0 amide bonds. The Morgan fingerprint density at radius 2 is 1.85 bits per heavy atom. The molecule has 1 N–H and O–H groups in total. The van der Waals surface area contributed by atoms with Crippen LogP contribution >= 0.6 is 31.9 Å². The molecule has 0 aliphatic carbocycles. The first-order valence-electron chi connectivity index (χ1n) is 6.71. The van der Waals surface area contributed by atoms with Crippen LogP contribution in [0.1, 0.15) is 17.3 Å². The van der Waals surface area contributed by atoms with Gasteiger partial charge in [-0.3, -0.25) is 4.55 Å². The lowest BCUT2D eigenvalue weighted by Crippen LogP contribution is -2.39. The van der Waals surface area contributed by atoms with E-state index in [9.17, 15) is 31.2 Å². The summed E-state index contributed by atoms with van der Waals surface area (Å²) in [6, 6.07) is 2.35. The molecular weight excluding hydrogens is 529 g/mol. The highest BCUT2D eigenvalue weighted by Crippen LogP contribution is 2.35. The van der Waals surface area contributed by atoms with Crippen LogP contribution in [0.25, 0.3) is 0 Å². The number of rotatable bonds is 6. The number of halogens is 5. The molecule has 150 valence electrons. The van der Waals surface area contributed by atoms with E-state index in [0.717, 1.165) is 6.07 Å². The normalized spacial score (nSPS) is 13.0. The van der Waals surface area contributed by atoms with E-state index in [0.29, 0.717) is 0 Å². The van der Waals surface area contributed by atoms with Crippen molar-refractivity contribution in [3.05, 3.63) is 38.8 Å². The van der Waals surface area contributed by atoms with Crippen LogP contribution in [0.3, 0.4) is 0 Å². The number of esters is 2. The molecule has 0 radical (unpaired) electrons. The molecule has 27 heavy (non-hydrogen) atoms. The second-order valence-corrected chi connectivity index (χ2v) is 8.39. The predicted molar refractivity (Wildman–Crippen MR) is 94.0 cm³/mol. The number of alkyl halides is 3. The number of ether oxygens (including phenoxy) is 2. The van der Waals surface area contributed by atoms with Crippen LogP contribution in [0.4, 0.5) is 13.2 Å². The van der Waals surface area contributed by atoms with Gasteiger partial charge in [-0.1, -0.05) is 22.5 Å². The van der Waals surface area contributed by atoms with Crippen LogP contribution in [-0.2, 0) is 19.6 Å². The Balaban J connectivity index is 3.32. The lowest BCUT2D eigenvalue weighted by atomic mass is 10.2. The molecule has 0 fully saturated rings. The van der Waals surface area contributed by atoms with Crippen molar-refractivity contribution in [2.24, 2.45) is 0 Å². The molecule has 1 aromatic rings. The monoisotopic (exact) mass is 538 g/mol. The zero-order valence-electron chi connectivity index (χ0n) is 13.3. The van der Waals surface area contributed by atoms with Gasteiger partial charge in [0.15, 0.2) is 5.75 Å². The number of hydrogen-bond donors (Lipinski definition) is 1. The van der Waals surface area contributed by atoms with Crippen LogP contribution in [0, 0.1) is 0 Å². The van der Waals surface area contributed by atoms with Crippen molar-refractivity contribution in [1.29, 1.82) is 0 Å². The molecule has 13 heteroatoms. The molecule has 0 heterocycles. The van der Waals surface area contributed by atoms with E-state index in [1.165, 1.54) is 13.0 Å². The van der Waals surface area contributed by atoms with Crippen molar-refractivity contribution in [2.45, 2.75) is 19.2 Å². The van der Waals surface area contributed by atoms with Crippen LogP contribution in [0.2, 0.25) is 0 Å². The Morgan fingerprint density at radius 1 is 1.30 bits per heavy atom. The fourth-order valence-corrected chi connectivity index (χ4v) is 3.52. The third kappa shape index (κ3) is 7.24. The Hall–Kier alpha value is -1.44. The molecule has 0 aromatic heterocycles. The summed E-state index contributed by atoms with van der Waals surface area (Å²) in [5.41, 5.74) is -0.654. The van der Waals surface area contributed by atoms with E-state index < -0.39 is 51.4 Å². The maximum absolute atomic E-state index is 12.9. The Labute approximate surface area is 168 Å². The van der Waals surface area contributed by atoms with Gasteiger partial charge in [-0.05, 0) is 35.0 Å². The minimum Gasteiger partial charge on any atom is -0.448 e. The molecule has 1 atom stereocenters. The number of carbonyl (C=O) groups is 2. The van der Waals surface area contributed by atoms with Crippen molar-refractivity contribution in [1.82, 2.24) is 0 Å². The molecule has 0 saturated carbocycles. The second-order valence-electron chi connectivity index (χ2n) is 5.12. The van der Waals surface area contributed by atoms with E-state index in [2.05, 4.69) is 43.2 Å². The summed E-state index contributed by atoms with van der Waals surface area (Å²) in [6.45, 7) is 4.64. The predicted octanol–water partition coefficient (Wildman–Crippen LogP) is 3.67. The summed E-state index contributed by atoms with van der Waals surface area (Å²) in [6.07, 6.45) is -8.41. The van der Waals surface area contributed by atoms with E-state index in [1.54, 1.807) is 0 Å². The highest BCUT2D eigenvalue weighted by Gasteiger charge is 2.46. The SMILES string of the molecule is C=C(C)C(=O)Oc1c(Br)cc(Br)cc1C(=O)OC(CS(=O)(=O)O)C(F)(F)F. The standard InChI is InChI=1S/C14H11Br2F3O7S/c1-6(2)12(20)26-11-8(3-7(15)4-9(11)16)13(21)25-10(14(17,18)19)5-27(22,23)24/h3-4,10H,1,5H2,2H3,(H,22,23,24). The van der Waals surface area contributed by atoms with Crippen molar-refractivity contribution in [3.8, 4) is 5.75 Å². The zero-order chi connectivity index (χ0) is 21.2. The van der Waals surface area contributed by atoms with Gasteiger partial charge in [0.25, 0.3) is 10.1 Å². The smallest absolute Gasteiger partial charge is 0.426 e. The Morgan fingerprint density at radius 3 is 2.30 bits per heavy atom. The van der Waals surface area contributed by atoms with Gasteiger partial charge in [0.1, 0.15) is 11.3 Å². The number of hydrogen-bond acceptors (Lipinski definition) is 6. The summed E-state index contributed by atoms with van der Waals surface area (Å²) in [5.74, 6) is -4.94. The Bertz CT molecular complexity index is 881. The van der Waals surface area contributed by atoms with Gasteiger partial charge in [0, 0.05) is 10.0 Å². The molecule has 1 aromatic carbocycles. The van der Waals surface area contributed by atoms with Gasteiger partial charge in [0.2, 0.25) is 6.10 Å². The van der Waals surface area contributed by atoms with Crippen molar-refractivity contribution < 1.29 is 45.2 Å². The average molecular weight is 540 g/mol. The molecule has 7 nitrogen and oxygen atoms in total. The maximum Gasteiger partial charge on any atom is 0.426 e. The minimum absolute atomic E-state index is 0.0248. The van der Waals surface area contributed by atoms with E-state index in [-0.39, 0.29) is 14.5 Å². The summed E-state index contributed by atoms with van der Waals surface area (Å²) >= 11 is 6.01. The van der Waals surface area contributed by atoms with Crippen LogP contribution in [0.15, 0.2) is 33.2 Å². The fourth-order valence-electron chi connectivity index (χ4n) is 1.57. The summed E-state index contributed by atoms with van der Waals surface area (Å²) in [5, 5.41) is 0. The van der Waals surface area contributed by atoms with E-state index >= 15 is 0 Å². The van der Waals surface area contributed by atoms with Crippen LogP contribution in [0.5, 0.6) is 5.75 Å². The summed E-state index contributed by atoms with van der Waals surface area (Å²) < 4.78 is 78.4. The molecular formula is C14H11Br2F3O7S. The fraction of sp³-hybridized carbons (Fsp3) is 0.286. The quantitative estimate of drug-likeness (QED) is 0.254. The summed E-state index contributed by atoms with van der Waals surface area (Å²) in [4.78, 5) is 23.9. The highest BCUT2D eigenvalue weighted by molar-refractivity contribution is 9.11. The molecule has 0 spiro atoms. The molecule has 1 unspecified atom stereocenters. The lowest BCUT2D eigenvalue weighted by molar-refractivity contribution is -0.197. The first-order chi connectivity index (χ1) is 12.1. The first-order valence-corrected chi connectivity index (χ1v) is 9.91. The third-order valence-corrected chi connectivity index (χ3v) is 4.52. The molecule has 0 bridgehead atoms. The highest BCUT2D eigenvalue weighted by atomic mass is 79.9. The minimum atomic E-state index is -5.27. The van der Waals surface area contributed by atoms with Crippen LogP contribution < -0.4 is 4.74 Å². The average Bonchev–Trinajstić information content (AvgIpc) is 2.46. The number of benzene rings is 1. The van der Waals surface area contributed by atoms with Crippen molar-refractivity contribution in [3.63, 3.8) is 0 Å². The van der Waals surface area contributed by atoms with Gasteiger partial charge >= 0.3 is 18.1 Å². The molecule has 0 aliphatic rings. The summed E-state index contributed by atoms with van der Waals surface area (Å²) in [7, 11) is -5.10. The van der Waals surface area contributed by atoms with Crippen molar-refractivity contribution in [2.75, 3.05) is 5.75 Å². The van der Waals surface area contributed by atoms with Gasteiger partial charge in [0.05, 0.1) is 4.47 Å². The maximum atomic E-state index is 12.9. The first kappa shape index (κ1) is 23.6. The lowest BCUT2D eigenvalue weighted by Gasteiger charge is -2.20.